The molecule has 0 radical (unpaired) electrons. The molecule has 2 aromatic rings. The van der Waals surface area contributed by atoms with Crippen molar-refractivity contribution in [3.8, 4) is 5.75 Å². The highest BCUT2D eigenvalue weighted by Crippen LogP contribution is 2.09. The molecule has 2 rings (SSSR count). The number of nitrogens with zero attached hydrogens (tertiary/aromatic N) is 1. The maximum absolute atomic E-state index is 11.7. The lowest BCUT2D eigenvalue weighted by atomic mass is 10.2. The molecule has 92 valence electrons. The molecule has 0 aliphatic heterocycles. The lowest BCUT2D eigenvalue weighted by molar-refractivity contribution is 0.0945. The zero-order valence-corrected chi connectivity index (χ0v) is 9.38. The number of aromatic nitrogens is 2. The van der Waals surface area contributed by atoms with Crippen LogP contribution >= 0.6 is 0 Å². The first kappa shape index (κ1) is 11.8. The fourth-order valence-corrected chi connectivity index (χ4v) is 1.35. The van der Waals surface area contributed by atoms with Crippen LogP contribution in [0.5, 0.6) is 5.75 Å². The molecule has 0 unspecified atom stereocenters. The van der Waals surface area contributed by atoms with E-state index in [2.05, 4.69) is 15.3 Å². The van der Waals surface area contributed by atoms with Crippen LogP contribution in [-0.2, 0) is 6.54 Å². The number of hydrogen-bond acceptors (Lipinski definition) is 4. The largest absolute Gasteiger partial charge is 0.508 e. The van der Waals surface area contributed by atoms with E-state index >= 15 is 0 Å². The van der Waals surface area contributed by atoms with Crippen LogP contribution in [0.15, 0.2) is 41.5 Å². The van der Waals surface area contributed by atoms with Gasteiger partial charge in [-0.1, -0.05) is 12.1 Å². The van der Waals surface area contributed by atoms with Crippen molar-refractivity contribution in [2.24, 2.45) is 0 Å². The van der Waals surface area contributed by atoms with E-state index in [1.807, 2.05) is 0 Å². The molecule has 3 N–H and O–H groups in total. The standard InChI is InChI=1S/C12H11N3O3/c16-9-3-1-8(2-4-9)5-15-12(18)10-6-14-11(17)7-13-10/h1-4,6-7,16H,5H2,(H,14,17)(H,15,18). The monoisotopic (exact) mass is 245 g/mol. The summed E-state index contributed by atoms with van der Waals surface area (Å²) in [6.07, 6.45) is 2.31. The molecule has 0 spiro atoms. The fourth-order valence-electron chi connectivity index (χ4n) is 1.35. The van der Waals surface area contributed by atoms with Gasteiger partial charge in [0.2, 0.25) is 0 Å². The molecule has 0 atom stereocenters. The van der Waals surface area contributed by atoms with Crippen molar-refractivity contribution in [2.75, 3.05) is 0 Å². The number of benzene rings is 1. The van der Waals surface area contributed by atoms with Crippen LogP contribution in [0.1, 0.15) is 16.1 Å². The maximum atomic E-state index is 11.7. The number of aromatic amines is 1. The number of H-pyrrole nitrogens is 1. The van der Waals surface area contributed by atoms with Crippen molar-refractivity contribution in [1.29, 1.82) is 0 Å². The Morgan fingerprint density at radius 2 is 2.06 bits per heavy atom. The lowest BCUT2D eigenvalue weighted by Crippen LogP contribution is -2.25. The van der Waals surface area contributed by atoms with Crippen molar-refractivity contribution in [3.05, 3.63) is 58.3 Å². The normalized spacial score (nSPS) is 10.0. The number of hydrogen-bond donors (Lipinski definition) is 3. The Bertz CT molecular complexity index is 584. The molecule has 0 aliphatic rings. The maximum Gasteiger partial charge on any atom is 0.271 e. The molecule has 6 heteroatoms. The van der Waals surface area contributed by atoms with Gasteiger partial charge in [0, 0.05) is 12.7 Å². The summed E-state index contributed by atoms with van der Waals surface area (Å²) in [5, 5.41) is 11.8. The van der Waals surface area contributed by atoms with Gasteiger partial charge >= 0.3 is 0 Å². The molecule has 1 aromatic heterocycles. The number of carbonyl (C=O) groups excluding carboxylic acids is 1. The van der Waals surface area contributed by atoms with E-state index in [0.717, 1.165) is 11.8 Å². The van der Waals surface area contributed by atoms with Gasteiger partial charge in [0.1, 0.15) is 11.4 Å². The summed E-state index contributed by atoms with van der Waals surface area (Å²) in [6, 6.07) is 6.49. The molecule has 18 heavy (non-hydrogen) atoms. The van der Waals surface area contributed by atoms with Crippen molar-refractivity contribution >= 4 is 5.91 Å². The summed E-state index contributed by atoms with van der Waals surface area (Å²) in [5.41, 5.74) is 0.643. The Kier molecular flexibility index (Phi) is 3.38. The Labute approximate surface area is 102 Å². The minimum absolute atomic E-state index is 0.147. The van der Waals surface area contributed by atoms with E-state index in [1.165, 1.54) is 6.20 Å². The van der Waals surface area contributed by atoms with Gasteiger partial charge in [0.25, 0.3) is 11.5 Å². The van der Waals surface area contributed by atoms with E-state index in [-0.39, 0.29) is 22.9 Å². The first-order chi connectivity index (χ1) is 8.65. The van der Waals surface area contributed by atoms with E-state index < -0.39 is 0 Å². The Morgan fingerprint density at radius 3 is 2.67 bits per heavy atom. The van der Waals surface area contributed by atoms with Crippen molar-refractivity contribution in [2.45, 2.75) is 6.54 Å². The lowest BCUT2D eigenvalue weighted by Gasteiger charge is -2.04. The summed E-state index contributed by atoms with van der Waals surface area (Å²) >= 11 is 0. The van der Waals surface area contributed by atoms with E-state index in [1.54, 1.807) is 24.3 Å². The number of amides is 1. The fraction of sp³-hybridized carbons (Fsp3) is 0.0833. The number of phenols is 1. The van der Waals surface area contributed by atoms with Gasteiger partial charge in [-0.15, -0.1) is 0 Å². The number of aromatic hydroxyl groups is 1. The number of nitrogens with one attached hydrogen (secondary N) is 2. The van der Waals surface area contributed by atoms with E-state index in [4.69, 9.17) is 5.11 Å². The molecule has 0 saturated heterocycles. The zero-order valence-electron chi connectivity index (χ0n) is 9.38. The second kappa shape index (κ2) is 5.13. The second-order valence-electron chi connectivity index (χ2n) is 3.65. The molecule has 0 aliphatic carbocycles. The van der Waals surface area contributed by atoms with Gasteiger partial charge < -0.3 is 15.4 Å². The molecule has 1 aromatic carbocycles. The predicted molar refractivity (Wildman–Crippen MR) is 64.1 cm³/mol. The molecule has 1 heterocycles. The highest BCUT2D eigenvalue weighted by molar-refractivity contribution is 5.91. The zero-order chi connectivity index (χ0) is 13.0. The SMILES string of the molecule is O=C(NCc1ccc(O)cc1)c1c[nH]c(=O)cn1. The molecule has 6 nitrogen and oxygen atoms in total. The molecular weight excluding hydrogens is 234 g/mol. The van der Waals surface area contributed by atoms with E-state index in [9.17, 15) is 9.59 Å². The van der Waals surface area contributed by atoms with Crippen LogP contribution in [0.2, 0.25) is 0 Å². The van der Waals surface area contributed by atoms with Crippen molar-refractivity contribution in [1.82, 2.24) is 15.3 Å². The van der Waals surface area contributed by atoms with Gasteiger partial charge in [-0.05, 0) is 17.7 Å². The van der Waals surface area contributed by atoms with Crippen molar-refractivity contribution in [3.63, 3.8) is 0 Å². The summed E-state index contributed by atoms with van der Waals surface area (Å²) in [5.74, 6) is -0.202. The first-order valence-corrected chi connectivity index (χ1v) is 5.26. The van der Waals surface area contributed by atoms with Gasteiger partial charge in [-0.2, -0.15) is 0 Å². The average molecular weight is 245 g/mol. The minimum Gasteiger partial charge on any atom is -0.508 e. The van der Waals surface area contributed by atoms with E-state index in [0.29, 0.717) is 6.54 Å². The highest BCUT2D eigenvalue weighted by Gasteiger charge is 2.06. The summed E-state index contributed by atoms with van der Waals surface area (Å²) in [7, 11) is 0. The number of carbonyl (C=O) groups is 1. The third-order valence-electron chi connectivity index (χ3n) is 2.29. The Balaban J connectivity index is 1.98. The third-order valence-corrected chi connectivity index (χ3v) is 2.29. The Hall–Kier alpha value is -2.63. The number of phenolic OH excluding ortho intramolecular Hbond substituents is 1. The van der Waals surface area contributed by atoms with Crippen LogP contribution in [0.25, 0.3) is 0 Å². The van der Waals surface area contributed by atoms with Gasteiger partial charge in [0.15, 0.2) is 0 Å². The third kappa shape index (κ3) is 2.94. The average Bonchev–Trinajstić information content (AvgIpc) is 2.38. The molecule has 0 bridgehead atoms. The smallest absolute Gasteiger partial charge is 0.271 e. The van der Waals surface area contributed by atoms with Crippen LogP contribution in [0.3, 0.4) is 0 Å². The van der Waals surface area contributed by atoms with Gasteiger partial charge in [-0.25, -0.2) is 4.98 Å². The second-order valence-corrected chi connectivity index (χ2v) is 3.65. The minimum atomic E-state index is -0.376. The van der Waals surface area contributed by atoms with Crippen LogP contribution in [0, 0.1) is 0 Å². The summed E-state index contributed by atoms with van der Waals surface area (Å²) in [6.45, 7) is 0.319. The van der Waals surface area contributed by atoms with Gasteiger partial charge in [0.05, 0.1) is 6.20 Å². The molecule has 0 saturated carbocycles. The Morgan fingerprint density at radius 1 is 1.33 bits per heavy atom. The first-order valence-electron chi connectivity index (χ1n) is 5.26. The van der Waals surface area contributed by atoms with Crippen molar-refractivity contribution < 1.29 is 9.90 Å². The molecular formula is C12H11N3O3. The predicted octanol–water partition coefficient (Wildman–Crippen LogP) is 0.405. The topological polar surface area (TPSA) is 95.1 Å². The van der Waals surface area contributed by atoms with Crippen LogP contribution < -0.4 is 10.9 Å². The number of rotatable bonds is 3. The van der Waals surface area contributed by atoms with Crippen LogP contribution in [-0.4, -0.2) is 21.0 Å². The van der Waals surface area contributed by atoms with Gasteiger partial charge in [-0.3, -0.25) is 9.59 Å². The van der Waals surface area contributed by atoms with Crippen LogP contribution in [0.4, 0.5) is 0 Å². The molecule has 1 amide bonds. The quantitative estimate of drug-likeness (QED) is 0.729. The highest BCUT2D eigenvalue weighted by atomic mass is 16.3. The summed E-state index contributed by atoms with van der Waals surface area (Å²) in [4.78, 5) is 28.5. The summed E-state index contributed by atoms with van der Waals surface area (Å²) < 4.78 is 0. The molecule has 0 fully saturated rings.